The first-order valence-electron chi connectivity index (χ1n) is 37.9. The number of rotatable bonds is 19. The van der Waals surface area contributed by atoms with Crippen LogP contribution in [0.3, 0.4) is 0 Å². The number of carbonyl (C=O) groups is 4. The Morgan fingerprint density at radius 3 is 1.67 bits per heavy atom. The quantitative estimate of drug-likeness (QED) is 0.0350. The SMILES string of the molecule is CC=C(C)C(=O)O[C@H]1[C@H](OC(=O)/C=C/c2ccccc2)[C@@]23C(CC1(C)C)[C@]1(CCC4[C@@]5(C)CC[C@H](O[C@@H]6OC(C(=O)O)[C@@H](O)C(O[C@@H]7OC(CO)[C@H](O)C(O)[C@@H]7OC7O[C@@H](C)C(O)[C@H](O)C7OC7O[C@@H](C)[C@H](O)C(O)[C@@H]7O)[C@@H]6O[C@@H]6OC(CO)[C@@H](O)C(O)[C@@H]6O)C(C)(C)C5CC[C@@]4(C)[C@]1(C)C[C@H]2OC(C)=O)O[C@@H]3O. The summed E-state index contributed by atoms with van der Waals surface area (Å²) < 4.78 is 89.1. The van der Waals surface area contributed by atoms with E-state index in [0.717, 1.165) is 0 Å². The van der Waals surface area contributed by atoms with E-state index in [1.165, 1.54) is 26.8 Å². The average molecular weight is 1550 g/mol. The topological polar surface area (TPSA) is 501 Å². The van der Waals surface area contributed by atoms with Gasteiger partial charge in [-0.1, -0.05) is 84.9 Å². The van der Waals surface area contributed by atoms with E-state index in [1.807, 2.05) is 45.9 Å². The molecule has 1 spiro atoms. The summed E-state index contributed by atoms with van der Waals surface area (Å²) in [6, 6.07) is 9.07. The van der Waals surface area contributed by atoms with Crippen LogP contribution in [0.4, 0.5) is 0 Å². The van der Waals surface area contributed by atoms with Crippen molar-refractivity contribution in [3.05, 3.63) is 53.6 Å². The van der Waals surface area contributed by atoms with E-state index in [9.17, 15) is 95.8 Å². The van der Waals surface area contributed by atoms with Crippen LogP contribution in [-0.2, 0) is 85.5 Å². The maximum Gasteiger partial charge on any atom is 0.335 e. The first-order chi connectivity index (χ1) is 51.1. The number of aliphatic hydroxyl groups excluding tert-OH is 14. The van der Waals surface area contributed by atoms with Crippen LogP contribution in [0, 0.1) is 50.2 Å². The first kappa shape index (κ1) is 84.0. The van der Waals surface area contributed by atoms with E-state index in [4.69, 9.17) is 66.3 Å². The molecule has 614 valence electrons. The first-order valence-corrected chi connectivity index (χ1v) is 37.9. The highest BCUT2D eigenvalue weighted by molar-refractivity contribution is 5.88. The number of aliphatic carboxylic acids is 1. The Bertz CT molecular complexity index is 3470. The van der Waals surface area contributed by atoms with Crippen LogP contribution in [0.25, 0.3) is 6.08 Å². The maximum atomic E-state index is 14.5. The van der Waals surface area contributed by atoms with E-state index < -0.39 is 265 Å². The van der Waals surface area contributed by atoms with Gasteiger partial charge in [0, 0.05) is 35.3 Å². The molecule has 0 aromatic heterocycles. The molecule has 6 saturated heterocycles. The Morgan fingerprint density at radius 1 is 0.523 bits per heavy atom. The third-order valence-corrected chi connectivity index (χ3v) is 27.6. The van der Waals surface area contributed by atoms with Crippen molar-refractivity contribution < 1.29 is 162 Å². The van der Waals surface area contributed by atoms with Crippen LogP contribution in [0.5, 0.6) is 0 Å². The Morgan fingerprint density at radius 2 is 1.06 bits per heavy atom. The summed E-state index contributed by atoms with van der Waals surface area (Å²) in [6.07, 6.45) is -47.7. The van der Waals surface area contributed by atoms with E-state index >= 15 is 0 Å². The number of carbonyl (C=O) groups excluding carboxylic acids is 3. The van der Waals surface area contributed by atoms with Gasteiger partial charge in [0.25, 0.3) is 0 Å². The largest absolute Gasteiger partial charge is 0.479 e. The Balaban J connectivity index is 0.872. The van der Waals surface area contributed by atoms with Gasteiger partial charge in [0.15, 0.2) is 49.9 Å². The Hall–Kier alpha value is -4.42. The van der Waals surface area contributed by atoms with Crippen molar-refractivity contribution >= 4 is 30.0 Å². The number of hydrogen-bond acceptors (Lipinski definition) is 32. The predicted molar refractivity (Wildman–Crippen MR) is 369 cm³/mol. The summed E-state index contributed by atoms with van der Waals surface area (Å²) in [5.74, 6) is -5.01. The molecule has 109 heavy (non-hydrogen) atoms. The lowest BCUT2D eigenvalue weighted by molar-refractivity contribution is -0.412. The molecule has 6 aliphatic heterocycles. The third kappa shape index (κ3) is 14.1. The second-order valence-electron chi connectivity index (χ2n) is 34.2. The molecule has 15 N–H and O–H groups in total. The van der Waals surface area contributed by atoms with Crippen molar-refractivity contribution in [3.8, 4) is 0 Å². The fourth-order valence-corrected chi connectivity index (χ4v) is 21.5. The summed E-state index contributed by atoms with van der Waals surface area (Å²) in [4.78, 5) is 55.9. The molecule has 0 amide bonds. The fraction of sp³-hybridized carbons (Fsp3) is 0.816. The van der Waals surface area contributed by atoms with Crippen molar-refractivity contribution in [2.45, 2.75) is 324 Å². The zero-order valence-corrected chi connectivity index (χ0v) is 63.3. The molecule has 33 heteroatoms. The van der Waals surface area contributed by atoms with Crippen LogP contribution in [0.2, 0.25) is 0 Å². The van der Waals surface area contributed by atoms with Crippen LogP contribution < -0.4 is 0 Å². The maximum absolute atomic E-state index is 14.5. The second kappa shape index (κ2) is 31.3. The molecule has 11 aliphatic rings. The van der Waals surface area contributed by atoms with Gasteiger partial charge in [-0.05, 0) is 119 Å². The fourth-order valence-electron chi connectivity index (χ4n) is 21.5. The molecule has 5 saturated carbocycles. The van der Waals surface area contributed by atoms with Gasteiger partial charge in [0.1, 0.15) is 121 Å². The van der Waals surface area contributed by atoms with Crippen molar-refractivity contribution in [2.75, 3.05) is 13.2 Å². The minimum atomic E-state index is -2.39. The number of carboxylic acids is 1. The summed E-state index contributed by atoms with van der Waals surface area (Å²) in [5, 5.41) is 170. The molecular weight excluding hydrogens is 1440 g/mol. The zero-order valence-electron chi connectivity index (χ0n) is 63.3. The van der Waals surface area contributed by atoms with E-state index in [1.54, 1.807) is 38.1 Å². The van der Waals surface area contributed by atoms with Crippen molar-refractivity contribution in [1.29, 1.82) is 0 Å². The van der Waals surface area contributed by atoms with Gasteiger partial charge in [-0.15, -0.1) is 0 Å². The molecule has 14 unspecified atom stereocenters. The van der Waals surface area contributed by atoms with E-state index in [0.29, 0.717) is 37.7 Å². The molecule has 5 aliphatic carbocycles. The predicted octanol–water partition coefficient (Wildman–Crippen LogP) is -0.767. The molecule has 1 aromatic carbocycles. The molecule has 11 fully saturated rings. The highest BCUT2D eigenvalue weighted by Crippen LogP contribution is 2.82. The number of esters is 3. The van der Waals surface area contributed by atoms with Crippen LogP contribution in [0.1, 0.15) is 140 Å². The number of benzene rings is 1. The van der Waals surface area contributed by atoms with E-state index in [-0.39, 0.29) is 36.7 Å². The molecule has 12 rings (SSSR count). The standard InChI is InChI=1S/C76H112O33/c1-13-31(2)63(94)108-60-61(102-43(80)20-19-35-17-15-14-16-18-35)76-40(27-70(60,6)7)75(109-69(76)95)26-22-39-72(10)24-23-41(71(8,9)38(72)21-25-73(39,11)74(75,12)28-42(76)98-34(5)79)101-68-59(107-65-53(90)49(86)46(83)36(29-77)99-65)55(54(91)56(104-68)62(92)93)103-67-58(51(88)47(84)37(30-78)100-67)106-66-57(50(87)45(82)33(4)97-66)105-64-52(89)48(85)44(81)32(3)96-64/h13-20,32-33,36-42,44-61,64-69,77-78,81-91,95H,21-30H2,1-12H3,(H,92,93)/b20-19+,31-13?/t32-,33-,36?,37?,38?,39?,40?,41-,42+,44-,45?,46+,47-,48?,49?,50-,51?,52-,53-,54-,55?,56?,57?,58-,59-,60-,61-,64?,65-,66?,67-,68+,69-,72-,73+,74-,75-,76+/m0/s1. The van der Waals surface area contributed by atoms with Crippen LogP contribution >= 0.6 is 0 Å². The molecule has 6 heterocycles. The number of hydrogen-bond donors (Lipinski definition) is 15. The van der Waals surface area contributed by atoms with Crippen molar-refractivity contribution in [1.82, 2.24) is 0 Å². The monoisotopic (exact) mass is 1550 g/mol. The lowest BCUT2D eigenvalue weighted by atomic mass is 9.30. The van der Waals surface area contributed by atoms with Crippen molar-refractivity contribution in [3.63, 3.8) is 0 Å². The second-order valence-corrected chi connectivity index (χ2v) is 34.2. The minimum absolute atomic E-state index is 0.119. The zero-order chi connectivity index (χ0) is 79.6. The van der Waals surface area contributed by atoms with Gasteiger partial charge in [0.05, 0.1) is 37.1 Å². The van der Waals surface area contributed by atoms with Gasteiger partial charge in [-0.25, -0.2) is 14.4 Å². The smallest absolute Gasteiger partial charge is 0.335 e. The molecular formula is C76H112O33. The van der Waals surface area contributed by atoms with Crippen LogP contribution in [-0.4, -0.2) is 304 Å². The van der Waals surface area contributed by atoms with Gasteiger partial charge < -0.3 is 143 Å². The van der Waals surface area contributed by atoms with Gasteiger partial charge in [-0.3, -0.25) is 4.79 Å². The lowest BCUT2D eigenvalue weighted by Crippen LogP contribution is -2.77. The number of aliphatic hydroxyl groups is 14. The molecule has 2 bridgehead atoms. The van der Waals surface area contributed by atoms with Crippen LogP contribution in [0.15, 0.2) is 48.1 Å². The normalized spacial score (nSPS) is 50.1. The third-order valence-electron chi connectivity index (χ3n) is 27.6. The summed E-state index contributed by atoms with van der Waals surface area (Å²) in [5.41, 5.74) is -6.00. The Labute approximate surface area is 631 Å². The molecule has 38 atom stereocenters. The van der Waals surface area contributed by atoms with E-state index in [2.05, 4.69) is 20.8 Å². The number of ether oxygens (including phenoxy) is 14. The number of allylic oxidation sites excluding steroid dienone is 1. The molecule has 33 nitrogen and oxygen atoms in total. The lowest BCUT2D eigenvalue weighted by Gasteiger charge is -2.75. The van der Waals surface area contributed by atoms with Gasteiger partial charge in [-0.2, -0.15) is 0 Å². The highest BCUT2D eigenvalue weighted by Gasteiger charge is 2.87. The molecule has 1 aromatic rings. The minimum Gasteiger partial charge on any atom is -0.479 e. The van der Waals surface area contributed by atoms with Gasteiger partial charge >= 0.3 is 23.9 Å². The molecule has 0 radical (unpaired) electrons. The highest BCUT2D eigenvalue weighted by atomic mass is 16.8. The number of fused-ring (bicyclic) bond motifs is 4. The summed E-state index contributed by atoms with van der Waals surface area (Å²) in [7, 11) is 0. The van der Waals surface area contributed by atoms with Crippen molar-refractivity contribution in [2.24, 2.45) is 50.2 Å². The number of carboxylic acid groups (broad SMARTS) is 1. The summed E-state index contributed by atoms with van der Waals surface area (Å²) >= 11 is 0. The average Bonchev–Trinajstić information content (AvgIpc) is 1.53. The Kier molecular flexibility index (Phi) is 24.1. The van der Waals surface area contributed by atoms with Gasteiger partial charge in [0.2, 0.25) is 0 Å². The summed E-state index contributed by atoms with van der Waals surface area (Å²) in [6.45, 7) is 19.7.